The van der Waals surface area contributed by atoms with Gasteiger partial charge in [-0.25, -0.2) is 13.8 Å². The van der Waals surface area contributed by atoms with Crippen LogP contribution in [0, 0.1) is 0 Å². The molecule has 1 amide bonds. The van der Waals surface area contributed by atoms with Gasteiger partial charge in [-0.2, -0.15) is 5.10 Å². The third kappa shape index (κ3) is 2.88. The number of carbonyl (C=O) groups excluding carboxylic acids is 1. The Balaban J connectivity index is 1.93. The van der Waals surface area contributed by atoms with Crippen LogP contribution >= 0.6 is 0 Å². The Morgan fingerprint density at radius 3 is 2.50 bits per heavy atom. The monoisotopic (exact) mass is 373 g/mol. The van der Waals surface area contributed by atoms with Gasteiger partial charge < -0.3 is 10.2 Å². The van der Waals surface area contributed by atoms with E-state index in [1.807, 2.05) is 0 Å². The van der Waals surface area contributed by atoms with Crippen molar-refractivity contribution in [1.82, 2.24) is 9.73 Å². The van der Waals surface area contributed by atoms with E-state index in [4.69, 9.17) is 0 Å². The first-order valence-corrected chi connectivity index (χ1v) is 8.91. The van der Waals surface area contributed by atoms with Crippen molar-refractivity contribution in [3.05, 3.63) is 65.4 Å². The number of aromatic hydroxyl groups is 1. The van der Waals surface area contributed by atoms with Crippen molar-refractivity contribution in [2.75, 3.05) is 7.05 Å². The van der Waals surface area contributed by atoms with Crippen LogP contribution in [0.25, 0.3) is 5.76 Å². The molecule has 9 heteroatoms. The van der Waals surface area contributed by atoms with Gasteiger partial charge in [-0.15, -0.1) is 0 Å². The number of amides is 1. The summed E-state index contributed by atoms with van der Waals surface area (Å²) >= 11 is 0. The second-order valence-corrected chi connectivity index (χ2v) is 7.36. The van der Waals surface area contributed by atoms with E-state index < -0.39 is 27.4 Å². The predicted molar refractivity (Wildman–Crippen MR) is 94.8 cm³/mol. The number of phenolic OH excluding ortho intramolecular Hbond substituents is 1. The molecule has 0 bridgehead atoms. The fourth-order valence-electron chi connectivity index (χ4n) is 2.49. The third-order valence-corrected chi connectivity index (χ3v) is 5.66. The zero-order chi connectivity index (χ0) is 18.9. The lowest BCUT2D eigenvalue weighted by molar-refractivity contribution is -0.118. The topological polar surface area (TPSA) is 119 Å². The second-order valence-electron chi connectivity index (χ2n) is 5.42. The van der Waals surface area contributed by atoms with Crippen molar-refractivity contribution >= 4 is 27.9 Å². The van der Waals surface area contributed by atoms with Crippen LogP contribution in [0.15, 0.2) is 64.2 Å². The van der Waals surface area contributed by atoms with Gasteiger partial charge in [0, 0.05) is 18.2 Å². The summed E-state index contributed by atoms with van der Waals surface area (Å²) in [6.07, 6.45) is 1.20. The first-order chi connectivity index (χ1) is 12.3. The molecule has 0 spiro atoms. The standard InChI is InChI=1S/C17H15N3O5S/c1-20-15(16(22)12-7-3-5-9-14(12)26(20,24)25)17(23)19-18-10-11-6-2-4-8-13(11)21/h2-10,21-22H,1H3,(H,19,23)/b18-10+. The van der Waals surface area contributed by atoms with Gasteiger partial charge in [-0.3, -0.25) is 9.10 Å². The highest BCUT2D eigenvalue weighted by molar-refractivity contribution is 7.89. The molecule has 1 aliphatic heterocycles. The van der Waals surface area contributed by atoms with Gasteiger partial charge in [-0.05, 0) is 24.3 Å². The number of rotatable bonds is 3. The van der Waals surface area contributed by atoms with Crippen molar-refractivity contribution < 1.29 is 23.4 Å². The molecule has 3 N–H and O–H groups in total. The number of nitrogens with zero attached hydrogens (tertiary/aromatic N) is 2. The van der Waals surface area contributed by atoms with Gasteiger partial charge in [0.05, 0.1) is 11.1 Å². The van der Waals surface area contributed by atoms with Crippen LogP contribution in [0.2, 0.25) is 0 Å². The molecule has 0 saturated heterocycles. The molecule has 0 aromatic heterocycles. The van der Waals surface area contributed by atoms with E-state index in [1.54, 1.807) is 24.3 Å². The number of aliphatic hydroxyl groups excluding tert-OH is 1. The molecule has 0 atom stereocenters. The summed E-state index contributed by atoms with van der Waals surface area (Å²) < 4.78 is 25.8. The summed E-state index contributed by atoms with van der Waals surface area (Å²) in [4.78, 5) is 12.3. The lowest BCUT2D eigenvalue weighted by Gasteiger charge is -2.27. The molecule has 1 aliphatic rings. The summed E-state index contributed by atoms with van der Waals surface area (Å²) in [6, 6.07) is 12.2. The molecule has 0 saturated carbocycles. The molecule has 8 nitrogen and oxygen atoms in total. The summed E-state index contributed by atoms with van der Waals surface area (Å²) in [5.74, 6) is -1.40. The van der Waals surface area contributed by atoms with E-state index in [2.05, 4.69) is 10.5 Å². The number of carbonyl (C=O) groups is 1. The van der Waals surface area contributed by atoms with Crippen LogP contribution in [0.4, 0.5) is 0 Å². The molecule has 0 aliphatic carbocycles. The molecule has 0 unspecified atom stereocenters. The van der Waals surface area contributed by atoms with Gasteiger partial charge in [0.1, 0.15) is 5.75 Å². The lowest BCUT2D eigenvalue weighted by atomic mass is 10.1. The third-order valence-electron chi connectivity index (χ3n) is 3.84. The summed E-state index contributed by atoms with van der Waals surface area (Å²) in [5.41, 5.74) is 2.11. The average molecular weight is 373 g/mol. The SMILES string of the molecule is CN1C(C(=O)N/N=C/c2ccccc2O)=C(O)c2ccccc2S1(=O)=O. The number of hydrazone groups is 1. The minimum absolute atomic E-state index is 0.0288. The van der Waals surface area contributed by atoms with Crippen LogP contribution in [-0.4, -0.2) is 42.1 Å². The number of sulfonamides is 1. The highest BCUT2D eigenvalue weighted by Gasteiger charge is 2.37. The number of para-hydroxylation sites is 1. The first-order valence-electron chi connectivity index (χ1n) is 7.47. The van der Waals surface area contributed by atoms with Gasteiger partial charge in [0.2, 0.25) is 0 Å². The average Bonchev–Trinajstić information content (AvgIpc) is 2.62. The van der Waals surface area contributed by atoms with Crippen molar-refractivity contribution in [3.8, 4) is 5.75 Å². The van der Waals surface area contributed by atoms with E-state index in [1.165, 1.54) is 37.5 Å². The Bertz CT molecular complexity index is 1040. The van der Waals surface area contributed by atoms with E-state index in [0.29, 0.717) is 9.87 Å². The number of aliphatic hydroxyl groups is 1. The maximum atomic E-state index is 12.5. The summed E-state index contributed by atoms with van der Waals surface area (Å²) in [5, 5.41) is 23.7. The smallest absolute Gasteiger partial charge is 0.292 e. The Morgan fingerprint density at radius 1 is 1.12 bits per heavy atom. The molecule has 134 valence electrons. The molecular weight excluding hydrogens is 358 g/mol. The van der Waals surface area contributed by atoms with E-state index in [9.17, 15) is 23.4 Å². The number of benzene rings is 2. The van der Waals surface area contributed by atoms with Crippen molar-refractivity contribution in [2.45, 2.75) is 4.90 Å². The molecule has 1 heterocycles. The molecule has 0 fully saturated rings. The zero-order valence-electron chi connectivity index (χ0n) is 13.6. The fourth-order valence-corrected chi connectivity index (χ4v) is 3.89. The Morgan fingerprint density at radius 2 is 1.77 bits per heavy atom. The van der Waals surface area contributed by atoms with Crippen molar-refractivity contribution in [1.29, 1.82) is 0 Å². The van der Waals surface area contributed by atoms with Gasteiger partial charge in [0.15, 0.2) is 11.5 Å². The highest BCUT2D eigenvalue weighted by Crippen LogP contribution is 2.34. The molecule has 0 radical (unpaired) electrons. The van der Waals surface area contributed by atoms with E-state index in [0.717, 1.165) is 0 Å². The van der Waals surface area contributed by atoms with E-state index in [-0.39, 0.29) is 16.2 Å². The van der Waals surface area contributed by atoms with Crippen LogP contribution in [0.1, 0.15) is 11.1 Å². The maximum Gasteiger partial charge on any atom is 0.292 e. The van der Waals surface area contributed by atoms with Crippen LogP contribution in [0.3, 0.4) is 0 Å². The number of likely N-dealkylation sites (N-methyl/N-ethyl adjacent to an activating group) is 1. The van der Waals surface area contributed by atoms with Crippen molar-refractivity contribution in [2.24, 2.45) is 5.10 Å². The number of nitrogens with one attached hydrogen (secondary N) is 1. The highest BCUT2D eigenvalue weighted by atomic mass is 32.2. The van der Waals surface area contributed by atoms with Gasteiger partial charge >= 0.3 is 0 Å². The predicted octanol–water partition coefficient (Wildman–Crippen LogP) is 1.40. The van der Waals surface area contributed by atoms with Crippen LogP contribution in [0.5, 0.6) is 5.75 Å². The minimum atomic E-state index is -3.97. The van der Waals surface area contributed by atoms with Crippen LogP contribution in [-0.2, 0) is 14.8 Å². The molecule has 2 aromatic carbocycles. The van der Waals surface area contributed by atoms with Gasteiger partial charge in [-0.1, -0.05) is 24.3 Å². The zero-order valence-corrected chi connectivity index (χ0v) is 14.4. The number of phenols is 1. The quantitative estimate of drug-likeness (QED) is 0.555. The van der Waals surface area contributed by atoms with Crippen molar-refractivity contribution in [3.63, 3.8) is 0 Å². The number of fused-ring (bicyclic) bond motifs is 1. The van der Waals surface area contributed by atoms with E-state index >= 15 is 0 Å². The molecule has 3 rings (SSSR count). The number of hydrogen-bond donors (Lipinski definition) is 3. The Kier molecular flexibility index (Phi) is 4.39. The molecular formula is C17H15N3O5S. The second kappa shape index (κ2) is 6.52. The Labute approximate surface area is 149 Å². The summed E-state index contributed by atoms with van der Waals surface area (Å²) in [6.45, 7) is 0. The van der Waals surface area contributed by atoms with Gasteiger partial charge in [0.25, 0.3) is 15.9 Å². The largest absolute Gasteiger partial charge is 0.507 e. The first kappa shape index (κ1) is 17.5. The fraction of sp³-hybridized carbons (Fsp3) is 0.0588. The summed E-state index contributed by atoms with van der Waals surface area (Å²) in [7, 11) is -2.80. The minimum Gasteiger partial charge on any atom is -0.507 e. The molecule has 26 heavy (non-hydrogen) atoms. The van der Waals surface area contributed by atoms with Crippen LogP contribution < -0.4 is 5.43 Å². The normalized spacial score (nSPS) is 15.8. The molecule has 2 aromatic rings. The lowest BCUT2D eigenvalue weighted by Crippen LogP contribution is -2.38. The number of hydrogen-bond acceptors (Lipinski definition) is 6. The Hall–Kier alpha value is -3.33. The maximum absolute atomic E-state index is 12.5.